The van der Waals surface area contributed by atoms with Crippen molar-refractivity contribution in [2.45, 2.75) is 19.3 Å². The number of fused-ring (bicyclic) bond motifs is 1. The summed E-state index contributed by atoms with van der Waals surface area (Å²) >= 11 is 0. The molecule has 0 aliphatic rings. The molecule has 3 aromatic rings. The van der Waals surface area contributed by atoms with Crippen molar-refractivity contribution in [3.63, 3.8) is 0 Å². The Labute approximate surface area is 144 Å². The first-order valence-corrected chi connectivity index (χ1v) is 7.82. The van der Waals surface area contributed by atoms with Crippen LogP contribution in [0.1, 0.15) is 19.4 Å². The minimum absolute atomic E-state index is 0.249. The summed E-state index contributed by atoms with van der Waals surface area (Å²) in [7, 11) is 1.45. The Hall–Kier alpha value is -2.95. The number of hydrogen-bond acceptors (Lipinski definition) is 3. The number of methoxy groups -OCH3 is 1. The summed E-state index contributed by atoms with van der Waals surface area (Å²) in [4.78, 5) is 15.9. The monoisotopic (exact) mass is 339 g/mol. The SMILES string of the molecule is COc1nc(-c2ccc3cccc(F)c3c2)ccc1C(C)(C)C(=O)O. The van der Waals surface area contributed by atoms with Crippen LogP contribution in [-0.4, -0.2) is 23.2 Å². The summed E-state index contributed by atoms with van der Waals surface area (Å²) in [6.45, 7) is 3.19. The zero-order chi connectivity index (χ0) is 18.2. The van der Waals surface area contributed by atoms with Crippen molar-refractivity contribution in [1.82, 2.24) is 4.98 Å². The predicted molar refractivity (Wildman–Crippen MR) is 94.4 cm³/mol. The number of pyridine rings is 1. The van der Waals surface area contributed by atoms with Gasteiger partial charge < -0.3 is 9.84 Å². The fraction of sp³-hybridized carbons (Fsp3) is 0.200. The van der Waals surface area contributed by atoms with Gasteiger partial charge >= 0.3 is 5.97 Å². The second-order valence-corrected chi connectivity index (χ2v) is 6.36. The Morgan fingerprint density at radius 1 is 1.16 bits per heavy atom. The molecule has 0 spiro atoms. The van der Waals surface area contributed by atoms with Gasteiger partial charge in [0.1, 0.15) is 5.82 Å². The summed E-state index contributed by atoms with van der Waals surface area (Å²) in [5.41, 5.74) is 0.674. The molecule has 0 amide bonds. The summed E-state index contributed by atoms with van der Waals surface area (Å²) < 4.78 is 19.3. The molecule has 1 N–H and O–H groups in total. The number of aliphatic carboxylic acids is 1. The first-order valence-electron chi connectivity index (χ1n) is 7.82. The maximum Gasteiger partial charge on any atom is 0.313 e. The van der Waals surface area contributed by atoms with E-state index in [9.17, 15) is 14.3 Å². The second kappa shape index (κ2) is 6.16. The Kier molecular flexibility index (Phi) is 4.17. The molecule has 2 aromatic carbocycles. The van der Waals surface area contributed by atoms with Gasteiger partial charge in [0.25, 0.3) is 0 Å². The van der Waals surface area contributed by atoms with Gasteiger partial charge in [-0.3, -0.25) is 4.79 Å². The fourth-order valence-electron chi connectivity index (χ4n) is 2.74. The average Bonchev–Trinajstić information content (AvgIpc) is 2.61. The molecule has 0 saturated carbocycles. The van der Waals surface area contributed by atoms with Crippen LogP contribution in [0.15, 0.2) is 48.5 Å². The van der Waals surface area contributed by atoms with E-state index in [0.29, 0.717) is 16.6 Å². The normalized spacial score (nSPS) is 11.5. The molecule has 0 radical (unpaired) electrons. The summed E-state index contributed by atoms with van der Waals surface area (Å²) in [6.07, 6.45) is 0. The van der Waals surface area contributed by atoms with Crippen LogP contribution in [0.2, 0.25) is 0 Å². The highest BCUT2D eigenvalue weighted by molar-refractivity contribution is 5.87. The second-order valence-electron chi connectivity index (χ2n) is 6.36. The molecule has 0 atom stereocenters. The molecule has 0 saturated heterocycles. The van der Waals surface area contributed by atoms with Crippen LogP contribution in [0.3, 0.4) is 0 Å². The topological polar surface area (TPSA) is 59.4 Å². The van der Waals surface area contributed by atoms with Crippen molar-refractivity contribution in [2.24, 2.45) is 0 Å². The molecule has 4 nitrogen and oxygen atoms in total. The number of benzene rings is 2. The third-order valence-electron chi connectivity index (χ3n) is 4.39. The van der Waals surface area contributed by atoms with E-state index in [0.717, 1.165) is 10.9 Å². The molecule has 0 aliphatic heterocycles. The fourth-order valence-corrected chi connectivity index (χ4v) is 2.74. The number of hydrogen-bond donors (Lipinski definition) is 1. The number of aromatic nitrogens is 1. The van der Waals surface area contributed by atoms with Crippen molar-refractivity contribution in [3.8, 4) is 17.1 Å². The molecule has 1 heterocycles. The van der Waals surface area contributed by atoms with Gasteiger partial charge in [0.05, 0.1) is 18.2 Å². The van der Waals surface area contributed by atoms with Crippen LogP contribution < -0.4 is 4.74 Å². The molecular weight excluding hydrogens is 321 g/mol. The number of rotatable bonds is 4. The van der Waals surface area contributed by atoms with Gasteiger partial charge in [-0.1, -0.05) is 30.3 Å². The highest BCUT2D eigenvalue weighted by atomic mass is 19.1. The van der Waals surface area contributed by atoms with E-state index >= 15 is 0 Å². The highest BCUT2D eigenvalue weighted by Gasteiger charge is 2.33. The lowest BCUT2D eigenvalue weighted by atomic mass is 9.85. The number of carbonyl (C=O) groups is 1. The lowest BCUT2D eigenvalue weighted by Gasteiger charge is -2.22. The number of carboxylic acid groups (broad SMARTS) is 1. The largest absolute Gasteiger partial charge is 0.481 e. The van der Waals surface area contributed by atoms with E-state index in [1.165, 1.54) is 13.2 Å². The summed E-state index contributed by atoms with van der Waals surface area (Å²) in [5.74, 6) is -1.01. The third-order valence-corrected chi connectivity index (χ3v) is 4.39. The van der Waals surface area contributed by atoms with Crippen LogP contribution in [0.25, 0.3) is 22.0 Å². The number of ether oxygens (including phenoxy) is 1. The number of nitrogens with zero attached hydrogens (tertiary/aromatic N) is 1. The zero-order valence-electron chi connectivity index (χ0n) is 14.2. The number of carboxylic acids is 1. The molecule has 0 aliphatic carbocycles. The zero-order valence-corrected chi connectivity index (χ0v) is 14.2. The Morgan fingerprint density at radius 3 is 2.60 bits per heavy atom. The maximum absolute atomic E-state index is 14.0. The molecule has 1 aromatic heterocycles. The Balaban J connectivity index is 2.13. The maximum atomic E-state index is 14.0. The molecule has 5 heteroatoms. The van der Waals surface area contributed by atoms with Gasteiger partial charge in [0.2, 0.25) is 5.88 Å². The molecule has 3 rings (SSSR count). The highest BCUT2D eigenvalue weighted by Crippen LogP contribution is 2.33. The smallest absolute Gasteiger partial charge is 0.313 e. The van der Waals surface area contributed by atoms with Gasteiger partial charge in [-0.05, 0) is 37.4 Å². The van der Waals surface area contributed by atoms with Gasteiger partial charge in [-0.25, -0.2) is 9.37 Å². The van der Waals surface area contributed by atoms with Crippen LogP contribution in [0.5, 0.6) is 5.88 Å². The quantitative estimate of drug-likeness (QED) is 0.765. The van der Waals surface area contributed by atoms with Crippen LogP contribution in [0.4, 0.5) is 4.39 Å². The van der Waals surface area contributed by atoms with E-state index in [2.05, 4.69) is 4.98 Å². The van der Waals surface area contributed by atoms with E-state index in [-0.39, 0.29) is 11.7 Å². The van der Waals surface area contributed by atoms with E-state index in [1.54, 1.807) is 38.1 Å². The van der Waals surface area contributed by atoms with Crippen LogP contribution >= 0.6 is 0 Å². The van der Waals surface area contributed by atoms with E-state index in [4.69, 9.17) is 4.74 Å². The van der Waals surface area contributed by atoms with Gasteiger partial charge in [-0.2, -0.15) is 0 Å². The van der Waals surface area contributed by atoms with Gasteiger partial charge in [0, 0.05) is 16.5 Å². The minimum Gasteiger partial charge on any atom is -0.481 e. The average molecular weight is 339 g/mol. The summed E-state index contributed by atoms with van der Waals surface area (Å²) in [6, 6.07) is 13.8. The Morgan fingerprint density at radius 2 is 1.92 bits per heavy atom. The van der Waals surface area contributed by atoms with Crippen molar-refractivity contribution in [1.29, 1.82) is 0 Å². The summed E-state index contributed by atoms with van der Waals surface area (Å²) in [5, 5.41) is 10.7. The first-order chi connectivity index (χ1) is 11.8. The van der Waals surface area contributed by atoms with Crippen LogP contribution in [-0.2, 0) is 10.2 Å². The van der Waals surface area contributed by atoms with Crippen molar-refractivity contribution >= 4 is 16.7 Å². The molecular formula is C20H18FNO3. The van der Waals surface area contributed by atoms with Crippen LogP contribution in [0, 0.1) is 5.82 Å². The van der Waals surface area contributed by atoms with E-state index in [1.807, 2.05) is 18.2 Å². The lowest BCUT2D eigenvalue weighted by molar-refractivity contribution is -0.142. The molecule has 25 heavy (non-hydrogen) atoms. The van der Waals surface area contributed by atoms with Crippen molar-refractivity contribution < 1.29 is 19.0 Å². The number of halogens is 1. The molecule has 128 valence electrons. The standard InChI is InChI=1S/C20H18FNO3/c1-20(2,19(23)24)15-9-10-17(22-18(15)25-3)13-8-7-12-5-4-6-16(21)14(12)11-13/h4-11H,1-3H3,(H,23,24). The van der Waals surface area contributed by atoms with Gasteiger partial charge in [0.15, 0.2) is 0 Å². The Bertz CT molecular complexity index is 966. The minimum atomic E-state index is -1.13. The molecule has 0 fully saturated rings. The first kappa shape index (κ1) is 16.9. The lowest BCUT2D eigenvalue weighted by Crippen LogP contribution is -2.29. The molecule has 0 bridgehead atoms. The van der Waals surface area contributed by atoms with E-state index < -0.39 is 11.4 Å². The van der Waals surface area contributed by atoms with Gasteiger partial charge in [-0.15, -0.1) is 0 Å². The van der Waals surface area contributed by atoms with Crippen molar-refractivity contribution in [3.05, 3.63) is 59.9 Å². The molecule has 0 unspecified atom stereocenters. The third kappa shape index (κ3) is 2.93. The van der Waals surface area contributed by atoms with Crippen molar-refractivity contribution in [2.75, 3.05) is 7.11 Å². The predicted octanol–water partition coefficient (Wildman–Crippen LogP) is 4.41.